The van der Waals surface area contributed by atoms with Crippen molar-refractivity contribution in [3.05, 3.63) is 33.8 Å². The summed E-state index contributed by atoms with van der Waals surface area (Å²) in [5.74, 6) is 0.760. The molecule has 1 saturated carbocycles. The molecule has 30 heavy (non-hydrogen) atoms. The number of piperazine rings is 1. The number of benzene rings is 1. The summed E-state index contributed by atoms with van der Waals surface area (Å²) in [6.45, 7) is 4.56. The second-order valence-corrected chi connectivity index (χ2v) is 9.65. The van der Waals surface area contributed by atoms with E-state index in [4.69, 9.17) is 23.2 Å². The molecule has 2 heterocycles. The van der Waals surface area contributed by atoms with Crippen LogP contribution in [0.25, 0.3) is 0 Å². The van der Waals surface area contributed by atoms with Crippen LogP contribution >= 0.6 is 23.2 Å². The number of hydrogen-bond donors (Lipinski definition) is 0. The summed E-state index contributed by atoms with van der Waals surface area (Å²) in [6, 6.07) is 5.01. The normalized spacial score (nSPS) is 22.3. The highest BCUT2D eigenvalue weighted by molar-refractivity contribution is 6.42. The molecule has 1 aromatic rings. The van der Waals surface area contributed by atoms with E-state index in [0.29, 0.717) is 40.5 Å². The largest absolute Gasteiger partial charge is 0.341 e. The highest BCUT2D eigenvalue weighted by Gasteiger charge is 2.39. The van der Waals surface area contributed by atoms with E-state index in [9.17, 15) is 9.59 Å². The summed E-state index contributed by atoms with van der Waals surface area (Å²) < 4.78 is 0. The molecule has 0 N–H and O–H groups in total. The van der Waals surface area contributed by atoms with E-state index in [2.05, 4.69) is 9.80 Å². The monoisotopic (exact) mass is 451 g/mol. The number of rotatable bonds is 4. The van der Waals surface area contributed by atoms with E-state index in [0.717, 1.165) is 51.9 Å². The number of piperidine rings is 1. The Labute approximate surface area is 189 Å². The van der Waals surface area contributed by atoms with Crippen molar-refractivity contribution in [2.24, 2.45) is 5.92 Å². The number of nitrogens with zero attached hydrogens (tertiary/aromatic N) is 3. The third-order valence-electron chi connectivity index (χ3n) is 6.93. The highest BCUT2D eigenvalue weighted by atomic mass is 35.5. The Kier molecular flexibility index (Phi) is 7.22. The lowest BCUT2D eigenvalue weighted by Gasteiger charge is -2.43. The van der Waals surface area contributed by atoms with E-state index in [1.807, 2.05) is 4.90 Å². The number of amides is 2. The van der Waals surface area contributed by atoms with Gasteiger partial charge < -0.3 is 9.80 Å². The summed E-state index contributed by atoms with van der Waals surface area (Å²) in [4.78, 5) is 32.7. The van der Waals surface area contributed by atoms with Gasteiger partial charge in [0.1, 0.15) is 0 Å². The minimum atomic E-state index is -0.0205. The third-order valence-corrected chi connectivity index (χ3v) is 7.67. The van der Waals surface area contributed by atoms with Gasteiger partial charge in [0.05, 0.1) is 16.1 Å². The molecule has 5 nitrogen and oxygen atoms in total. The zero-order valence-corrected chi connectivity index (χ0v) is 19.0. The van der Waals surface area contributed by atoms with E-state index >= 15 is 0 Å². The summed E-state index contributed by atoms with van der Waals surface area (Å²) in [6.07, 6.45) is 8.21. The van der Waals surface area contributed by atoms with Crippen LogP contribution in [0.1, 0.15) is 55.3 Å². The van der Waals surface area contributed by atoms with Gasteiger partial charge in [-0.15, -0.1) is 0 Å². The molecule has 0 unspecified atom stereocenters. The summed E-state index contributed by atoms with van der Waals surface area (Å²) >= 11 is 12.1. The van der Waals surface area contributed by atoms with Crippen LogP contribution in [-0.2, 0) is 4.79 Å². The van der Waals surface area contributed by atoms with Crippen LogP contribution in [-0.4, -0.2) is 71.8 Å². The molecule has 1 atom stereocenters. The lowest BCUT2D eigenvalue weighted by Crippen LogP contribution is -2.59. The first-order valence-electron chi connectivity index (χ1n) is 11.3. The van der Waals surface area contributed by atoms with Gasteiger partial charge in [-0.1, -0.05) is 36.0 Å². The fourth-order valence-corrected chi connectivity index (χ4v) is 5.54. The van der Waals surface area contributed by atoms with Crippen molar-refractivity contribution >= 4 is 35.0 Å². The maximum absolute atomic E-state index is 13.5. The molecule has 0 spiro atoms. The molecule has 1 aromatic carbocycles. The molecule has 0 aromatic heterocycles. The summed E-state index contributed by atoms with van der Waals surface area (Å²) in [7, 11) is 0. The zero-order chi connectivity index (χ0) is 21.1. The number of hydrogen-bond acceptors (Lipinski definition) is 3. The van der Waals surface area contributed by atoms with E-state index < -0.39 is 0 Å². The van der Waals surface area contributed by atoms with Gasteiger partial charge in [-0.2, -0.15) is 0 Å². The van der Waals surface area contributed by atoms with Crippen molar-refractivity contribution in [3.63, 3.8) is 0 Å². The summed E-state index contributed by atoms with van der Waals surface area (Å²) in [5, 5.41) is 0.850. The van der Waals surface area contributed by atoms with E-state index in [1.54, 1.807) is 18.2 Å². The van der Waals surface area contributed by atoms with Gasteiger partial charge in [0.25, 0.3) is 5.91 Å². The smallest absolute Gasteiger partial charge is 0.253 e. The lowest BCUT2D eigenvalue weighted by atomic mass is 9.93. The Morgan fingerprint density at radius 2 is 1.47 bits per heavy atom. The van der Waals surface area contributed by atoms with Gasteiger partial charge in [-0.05, 0) is 56.2 Å². The fourth-order valence-electron chi connectivity index (χ4n) is 5.25. The van der Waals surface area contributed by atoms with Gasteiger partial charge in [-0.25, -0.2) is 0 Å². The number of carbonyl (C=O) groups is 2. The van der Waals surface area contributed by atoms with E-state index in [-0.39, 0.29) is 11.9 Å². The minimum absolute atomic E-state index is 0.0204. The molecule has 4 rings (SSSR count). The maximum Gasteiger partial charge on any atom is 0.253 e. The summed E-state index contributed by atoms with van der Waals surface area (Å²) in [5.41, 5.74) is 0.564. The van der Waals surface area contributed by atoms with Gasteiger partial charge in [0, 0.05) is 44.8 Å². The van der Waals surface area contributed by atoms with Crippen molar-refractivity contribution in [2.75, 3.05) is 39.3 Å². The van der Waals surface area contributed by atoms with Crippen LogP contribution in [0.4, 0.5) is 0 Å². The first kappa shape index (κ1) is 21.9. The van der Waals surface area contributed by atoms with Crippen molar-refractivity contribution in [1.29, 1.82) is 0 Å². The van der Waals surface area contributed by atoms with E-state index in [1.165, 1.54) is 19.3 Å². The Bertz CT molecular complexity index is 768. The SMILES string of the molecule is O=C(c1ccc(Cl)c(Cl)c1)N1CCN([C@@H](C(=O)N2CCCCC2)C2CCCC2)CC1. The maximum atomic E-state index is 13.5. The van der Waals surface area contributed by atoms with Crippen LogP contribution in [0.2, 0.25) is 10.0 Å². The van der Waals surface area contributed by atoms with Gasteiger partial charge in [0.2, 0.25) is 5.91 Å². The van der Waals surface area contributed by atoms with Crippen molar-refractivity contribution < 1.29 is 9.59 Å². The lowest BCUT2D eigenvalue weighted by molar-refractivity contribution is -0.140. The second kappa shape index (κ2) is 9.88. The van der Waals surface area contributed by atoms with Crippen LogP contribution in [0.3, 0.4) is 0 Å². The molecular weight excluding hydrogens is 421 g/mol. The second-order valence-electron chi connectivity index (χ2n) is 8.83. The molecule has 1 aliphatic carbocycles. The predicted octanol–water partition coefficient (Wildman–Crippen LogP) is 4.32. The van der Waals surface area contributed by atoms with Gasteiger partial charge in [-0.3, -0.25) is 14.5 Å². The van der Waals surface area contributed by atoms with Crippen LogP contribution in [0.5, 0.6) is 0 Å². The number of halogens is 2. The van der Waals surface area contributed by atoms with Crippen LogP contribution < -0.4 is 0 Å². The molecule has 2 saturated heterocycles. The molecule has 2 amide bonds. The number of likely N-dealkylation sites (tertiary alicyclic amines) is 1. The topological polar surface area (TPSA) is 43.9 Å². The molecule has 3 fully saturated rings. The third kappa shape index (κ3) is 4.79. The molecule has 3 aliphatic rings. The molecule has 0 radical (unpaired) electrons. The van der Waals surface area contributed by atoms with Gasteiger partial charge >= 0.3 is 0 Å². The molecular formula is C23H31Cl2N3O2. The van der Waals surface area contributed by atoms with Crippen LogP contribution in [0.15, 0.2) is 18.2 Å². The Balaban J connectivity index is 1.42. The predicted molar refractivity (Wildman–Crippen MR) is 120 cm³/mol. The zero-order valence-electron chi connectivity index (χ0n) is 17.5. The van der Waals surface area contributed by atoms with Gasteiger partial charge in [0.15, 0.2) is 0 Å². The molecule has 164 valence electrons. The number of carbonyl (C=O) groups excluding carboxylic acids is 2. The standard InChI is InChI=1S/C23H31Cl2N3O2/c24-19-9-8-18(16-20(19)25)22(29)28-14-12-26(13-15-28)21(17-6-2-3-7-17)23(30)27-10-4-1-5-11-27/h8-9,16-17,21H,1-7,10-15H2/t21-/m1/s1. The Morgan fingerprint density at radius 3 is 2.10 bits per heavy atom. The first-order valence-corrected chi connectivity index (χ1v) is 12.1. The van der Waals surface area contributed by atoms with Crippen LogP contribution in [0, 0.1) is 5.92 Å². The Hall–Kier alpha value is -1.30. The molecule has 7 heteroatoms. The Morgan fingerprint density at radius 1 is 0.800 bits per heavy atom. The van der Waals surface area contributed by atoms with Crippen molar-refractivity contribution in [3.8, 4) is 0 Å². The minimum Gasteiger partial charge on any atom is -0.341 e. The average molecular weight is 452 g/mol. The first-order chi connectivity index (χ1) is 14.5. The molecule has 0 bridgehead atoms. The quantitative estimate of drug-likeness (QED) is 0.684. The highest BCUT2D eigenvalue weighted by Crippen LogP contribution is 2.32. The average Bonchev–Trinajstić information content (AvgIpc) is 3.31. The molecule has 2 aliphatic heterocycles. The van der Waals surface area contributed by atoms with Crippen molar-refractivity contribution in [2.45, 2.75) is 51.0 Å². The fraction of sp³-hybridized carbons (Fsp3) is 0.652. The van der Waals surface area contributed by atoms with Crippen molar-refractivity contribution in [1.82, 2.24) is 14.7 Å².